The van der Waals surface area contributed by atoms with E-state index in [4.69, 9.17) is 9.84 Å². The van der Waals surface area contributed by atoms with Crippen molar-refractivity contribution in [3.63, 3.8) is 0 Å². The highest BCUT2D eigenvalue weighted by molar-refractivity contribution is 5.76. The third-order valence-electron chi connectivity index (χ3n) is 5.26. The van der Waals surface area contributed by atoms with Crippen LogP contribution in [0.3, 0.4) is 0 Å². The third kappa shape index (κ3) is 6.13. The Hall–Kier alpha value is -2.73. The topological polar surface area (TPSA) is 199 Å². The molecule has 0 aromatic carbocycles. The summed E-state index contributed by atoms with van der Waals surface area (Å²) in [6, 6.07) is 0. The fourth-order valence-corrected chi connectivity index (χ4v) is 4.28. The first kappa shape index (κ1) is 25.3. The first-order valence-electron chi connectivity index (χ1n) is 9.39. The van der Waals surface area contributed by atoms with Crippen LogP contribution in [0.25, 0.3) is 0 Å². The number of nitrogens with zero attached hydrogens (tertiary/aromatic N) is 1. The highest BCUT2D eigenvalue weighted by Crippen LogP contribution is 2.48. The number of unbranched alkanes of at least 4 members (excludes halogenated alkanes) is 1. The molecule has 1 aliphatic rings. The van der Waals surface area contributed by atoms with E-state index in [9.17, 15) is 44.4 Å². The van der Waals surface area contributed by atoms with Gasteiger partial charge in [0.2, 0.25) is 0 Å². The molecule has 2 atom stereocenters. The van der Waals surface area contributed by atoms with E-state index in [1.54, 1.807) is 6.92 Å². The minimum Gasteiger partial charge on any atom is -0.481 e. The van der Waals surface area contributed by atoms with Crippen LogP contribution < -0.4 is 0 Å². The summed E-state index contributed by atoms with van der Waals surface area (Å²) >= 11 is 0. The van der Waals surface area contributed by atoms with Crippen molar-refractivity contribution in [1.82, 2.24) is 4.90 Å². The summed E-state index contributed by atoms with van der Waals surface area (Å²) in [5, 5.41) is 47.1. The van der Waals surface area contributed by atoms with Crippen LogP contribution >= 0.6 is 0 Å². The fourth-order valence-electron chi connectivity index (χ4n) is 4.28. The molecule has 0 aromatic rings. The van der Waals surface area contributed by atoms with Crippen LogP contribution in [0.2, 0.25) is 0 Å². The molecule has 1 saturated heterocycles. The van der Waals surface area contributed by atoms with E-state index in [-0.39, 0.29) is 13.0 Å². The third-order valence-corrected chi connectivity index (χ3v) is 5.26. The fraction of sp³-hybridized carbons (Fsp3) is 0.722. The molecule has 0 saturated carbocycles. The van der Waals surface area contributed by atoms with E-state index in [1.165, 1.54) is 4.90 Å². The zero-order valence-corrected chi connectivity index (χ0v) is 16.6. The molecule has 0 radical (unpaired) electrons. The Balaban J connectivity index is 3.76. The van der Waals surface area contributed by atoms with Crippen molar-refractivity contribution in [1.29, 1.82) is 0 Å². The Morgan fingerprint density at radius 2 is 1.40 bits per heavy atom. The number of carboxylic acids is 5. The molecular formula is C18H27NO11. The van der Waals surface area contributed by atoms with Crippen LogP contribution in [0, 0.1) is 0 Å². The van der Waals surface area contributed by atoms with Crippen molar-refractivity contribution in [2.45, 2.75) is 69.1 Å². The van der Waals surface area contributed by atoms with Gasteiger partial charge in [-0.15, -0.1) is 0 Å². The van der Waals surface area contributed by atoms with E-state index in [0.717, 1.165) is 0 Å². The minimum atomic E-state index is -2.15. The molecule has 0 bridgehead atoms. The zero-order valence-electron chi connectivity index (χ0n) is 16.6. The largest absolute Gasteiger partial charge is 0.481 e. The number of carbonyl (C=O) groups is 5. The quantitative estimate of drug-likeness (QED) is 0.267. The smallest absolute Gasteiger partial charge is 0.317 e. The van der Waals surface area contributed by atoms with Gasteiger partial charge in [0.15, 0.2) is 0 Å². The molecule has 30 heavy (non-hydrogen) atoms. The number of aliphatic carboxylic acids is 5. The van der Waals surface area contributed by atoms with Gasteiger partial charge in [-0.2, -0.15) is 0 Å². The van der Waals surface area contributed by atoms with Crippen molar-refractivity contribution in [2.75, 3.05) is 13.1 Å². The van der Waals surface area contributed by atoms with Gasteiger partial charge in [-0.05, 0) is 6.42 Å². The second kappa shape index (κ2) is 10.3. The van der Waals surface area contributed by atoms with Crippen molar-refractivity contribution >= 4 is 29.8 Å². The maximum absolute atomic E-state index is 11.8. The summed E-state index contributed by atoms with van der Waals surface area (Å²) in [6.07, 6.45) is -3.62. The van der Waals surface area contributed by atoms with Crippen molar-refractivity contribution in [2.24, 2.45) is 0 Å². The highest BCUT2D eigenvalue weighted by atomic mass is 16.5. The van der Waals surface area contributed by atoms with Gasteiger partial charge >= 0.3 is 29.8 Å². The van der Waals surface area contributed by atoms with E-state index in [0.29, 0.717) is 12.8 Å². The van der Waals surface area contributed by atoms with Gasteiger partial charge in [0.05, 0.1) is 43.9 Å². The average molecular weight is 433 g/mol. The standard InChI is InChI=1S/C18H27NO11/c1-2-3-4-17(6-13(22)23)18(7-14(24)25,8-15(26)27)30-11(5-12(20)21)9-19(17)10-16(28)29/h11H,2-10H2,1H3,(H,20,21)(H,22,23)(H,24,25)(H,26,27)(H,28,29). The lowest BCUT2D eigenvalue weighted by atomic mass is 9.67. The molecule has 5 N–H and O–H groups in total. The number of carboxylic acid groups (broad SMARTS) is 5. The lowest BCUT2D eigenvalue weighted by Gasteiger charge is -2.59. The van der Waals surface area contributed by atoms with Gasteiger partial charge in [-0.1, -0.05) is 19.8 Å². The first-order chi connectivity index (χ1) is 13.9. The second-order valence-electron chi connectivity index (χ2n) is 7.45. The Morgan fingerprint density at radius 3 is 1.80 bits per heavy atom. The minimum absolute atomic E-state index is 0.0383. The summed E-state index contributed by atoms with van der Waals surface area (Å²) in [4.78, 5) is 59.1. The van der Waals surface area contributed by atoms with Crippen LogP contribution in [-0.4, -0.2) is 90.6 Å². The SMILES string of the molecule is CCCCC1(CC(=O)O)N(CC(=O)O)CC(CC(=O)O)OC1(CC(=O)O)CC(=O)O. The summed E-state index contributed by atoms with van der Waals surface area (Å²) in [5.41, 5.74) is -3.93. The van der Waals surface area contributed by atoms with Crippen LogP contribution in [-0.2, 0) is 28.7 Å². The van der Waals surface area contributed by atoms with Crippen LogP contribution in [0.4, 0.5) is 0 Å². The highest BCUT2D eigenvalue weighted by Gasteiger charge is 2.62. The summed E-state index contributed by atoms with van der Waals surface area (Å²) in [5.74, 6) is -7.00. The van der Waals surface area contributed by atoms with Crippen LogP contribution in [0.15, 0.2) is 0 Å². The van der Waals surface area contributed by atoms with Crippen LogP contribution in [0.5, 0.6) is 0 Å². The molecule has 2 unspecified atom stereocenters. The number of hydrogen-bond donors (Lipinski definition) is 5. The van der Waals surface area contributed by atoms with Crippen molar-refractivity contribution < 1.29 is 54.2 Å². The summed E-state index contributed by atoms with van der Waals surface area (Å²) < 4.78 is 5.79. The Kier molecular flexibility index (Phi) is 8.73. The number of ether oxygens (including phenoxy) is 1. The molecule has 12 heteroatoms. The Labute approximate surface area is 172 Å². The molecule has 0 aromatic heterocycles. The van der Waals surface area contributed by atoms with Crippen LogP contribution in [0.1, 0.15) is 51.9 Å². The zero-order chi connectivity index (χ0) is 23.1. The van der Waals surface area contributed by atoms with Gasteiger partial charge in [0.1, 0.15) is 5.60 Å². The molecule has 0 aliphatic carbocycles. The maximum Gasteiger partial charge on any atom is 0.317 e. The van der Waals surface area contributed by atoms with Crippen molar-refractivity contribution in [3.05, 3.63) is 0 Å². The van der Waals surface area contributed by atoms with Gasteiger partial charge < -0.3 is 30.3 Å². The van der Waals surface area contributed by atoms with E-state index >= 15 is 0 Å². The van der Waals surface area contributed by atoms with E-state index in [1.807, 2.05) is 0 Å². The number of hydrogen-bond acceptors (Lipinski definition) is 7. The monoisotopic (exact) mass is 433 g/mol. The maximum atomic E-state index is 11.8. The molecule has 1 heterocycles. The normalized spacial score (nSPS) is 23.6. The van der Waals surface area contributed by atoms with Gasteiger partial charge in [-0.3, -0.25) is 28.9 Å². The molecule has 1 aliphatic heterocycles. The van der Waals surface area contributed by atoms with Gasteiger partial charge in [-0.25, -0.2) is 0 Å². The van der Waals surface area contributed by atoms with Crippen molar-refractivity contribution in [3.8, 4) is 0 Å². The molecule has 1 rings (SSSR count). The second-order valence-corrected chi connectivity index (χ2v) is 7.45. The lowest BCUT2D eigenvalue weighted by molar-refractivity contribution is -0.246. The molecule has 1 fully saturated rings. The van der Waals surface area contributed by atoms with Gasteiger partial charge in [0, 0.05) is 6.54 Å². The summed E-state index contributed by atoms with van der Waals surface area (Å²) in [7, 11) is 0. The molecule has 170 valence electrons. The van der Waals surface area contributed by atoms with E-state index in [2.05, 4.69) is 0 Å². The number of rotatable bonds is 13. The Morgan fingerprint density at radius 1 is 0.867 bits per heavy atom. The predicted octanol–water partition coefficient (Wildman–Crippen LogP) is 0.338. The predicted molar refractivity (Wildman–Crippen MR) is 98.1 cm³/mol. The number of morpholine rings is 1. The summed E-state index contributed by atoms with van der Waals surface area (Å²) in [6.45, 7) is 0.761. The molecule has 0 amide bonds. The van der Waals surface area contributed by atoms with Gasteiger partial charge in [0.25, 0.3) is 0 Å². The molecule has 12 nitrogen and oxygen atoms in total. The molecule has 0 spiro atoms. The molecular weight excluding hydrogens is 406 g/mol. The average Bonchev–Trinajstić information content (AvgIpc) is 2.54. The Bertz CT molecular complexity index is 676. The van der Waals surface area contributed by atoms with E-state index < -0.39 is 79.3 Å². The lowest BCUT2D eigenvalue weighted by Crippen LogP contribution is -2.73. The first-order valence-corrected chi connectivity index (χ1v) is 9.39.